The second kappa shape index (κ2) is 8.61. The smallest absolute Gasteiger partial charge is 0.246 e. The average Bonchev–Trinajstić information content (AvgIpc) is 3.51. The lowest BCUT2D eigenvalue weighted by molar-refractivity contribution is -0.127. The Balaban J connectivity index is 1.54. The molecule has 3 aromatic heterocycles. The molecule has 10 heteroatoms. The number of carbonyl (C=O) groups excluding carboxylic acids is 1. The van der Waals surface area contributed by atoms with E-state index in [1.165, 1.54) is 12.4 Å². The van der Waals surface area contributed by atoms with Gasteiger partial charge < -0.3 is 20.4 Å². The number of nitrogens with zero attached hydrogens (tertiary/aromatic N) is 6. The van der Waals surface area contributed by atoms with Crippen molar-refractivity contribution in [2.45, 2.75) is 25.4 Å². The molecule has 1 amide bonds. The van der Waals surface area contributed by atoms with Crippen molar-refractivity contribution in [3.63, 3.8) is 0 Å². The highest BCUT2D eigenvalue weighted by Gasteiger charge is 2.37. The second-order valence-electron chi connectivity index (χ2n) is 8.25. The third-order valence-corrected chi connectivity index (χ3v) is 6.00. The molecule has 2 atom stereocenters. The molecule has 1 aromatic carbocycles. The highest BCUT2D eigenvalue weighted by molar-refractivity contribution is 5.91. The lowest BCUT2D eigenvalue weighted by Crippen LogP contribution is -2.37. The summed E-state index contributed by atoms with van der Waals surface area (Å²) in [4.78, 5) is 30.4. The molecule has 4 heterocycles. The fraction of sp³-hybridized carbons (Fsp3) is 0.292. The van der Waals surface area contributed by atoms with Gasteiger partial charge in [-0.1, -0.05) is 12.5 Å². The van der Waals surface area contributed by atoms with E-state index in [1.54, 1.807) is 16.7 Å². The lowest BCUT2D eigenvalue weighted by Gasteiger charge is -2.22. The Morgan fingerprint density at radius 2 is 2.24 bits per heavy atom. The summed E-state index contributed by atoms with van der Waals surface area (Å²) in [6.45, 7) is 6.42. The standard InChI is InChI=1S/C24H24N8O2/c1-4-21(33)31-11-16(10-17(31)12-34-3)32-24-22(23(25)26-13-27-24)19(30-32)8-6-15-5-7-18-20(9-15)29-14(2)28-18/h4-5,7,9,13,16-17H,1,10-12H2,2-3H3,(H,28,29)(H2,25,26,27)/t16?,17-/m1/s1. The Kier molecular flexibility index (Phi) is 5.47. The highest BCUT2D eigenvalue weighted by atomic mass is 16.5. The molecule has 5 rings (SSSR count). The summed E-state index contributed by atoms with van der Waals surface area (Å²) < 4.78 is 7.14. The van der Waals surface area contributed by atoms with Crippen molar-refractivity contribution >= 4 is 33.8 Å². The number of fused-ring (bicyclic) bond motifs is 2. The van der Waals surface area contributed by atoms with Crippen molar-refractivity contribution in [3.05, 3.63) is 54.3 Å². The first-order valence-electron chi connectivity index (χ1n) is 10.9. The van der Waals surface area contributed by atoms with Crippen LogP contribution in [-0.4, -0.2) is 66.8 Å². The zero-order valence-electron chi connectivity index (χ0n) is 18.9. The van der Waals surface area contributed by atoms with Gasteiger partial charge in [0.2, 0.25) is 5.91 Å². The SMILES string of the molecule is C=CC(=O)N1CC(n2nc(C#Cc3ccc4[nH]c(C)nc4c3)c3c(N)ncnc32)C[C@@H]1COC. The van der Waals surface area contributed by atoms with Crippen LogP contribution >= 0.6 is 0 Å². The molecule has 3 N–H and O–H groups in total. The van der Waals surface area contributed by atoms with Crippen molar-refractivity contribution in [2.75, 3.05) is 26.0 Å². The molecule has 172 valence electrons. The van der Waals surface area contributed by atoms with Crippen LogP contribution in [0, 0.1) is 18.8 Å². The lowest BCUT2D eigenvalue weighted by atomic mass is 10.2. The van der Waals surface area contributed by atoms with Gasteiger partial charge in [-0.05, 0) is 43.5 Å². The minimum Gasteiger partial charge on any atom is -0.383 e. The third-order valence-electron chi connectivity index (χ3n) is 6.00. The van der Waals surface area contributed by atoms with Crippen molar-refractivity contribution in [2.24, 2.45) is 0 Å². The Labute approximate surface area is 195 Å². The van der Waals surface area contributed by atoms with E-state index < -0.39 is 0 Å². The molecule has 1 aliphatic rings. The summed E-state index contributed by atoms with van der Waals surface area (Å²) in [6, 6.07) is 5.61. The number of imidazole rings is 1. The van der Waals surface area contributed by atoms with Crippen LogP contribution in [0.3, 0.4) is 0 Å². The normalized spacial score (nSPS) is 17.8. The first-order valence-corrected chi connectivity index (χ1v) is 10.9. The van der Waals surface area contributed by atoms with Crippen LogP contribution < -0.4 is 5.73 Å². The molecule has 0 aliphatic carbocycles. The molecular weight excluding hydrogens is 432 g/mol. The third kappa shape index (κ3) is 3.76. The number of hydrogen-bond acceptors (Lipinski definition) is 7. The summed E-state index contributed by atoms with van der Waals surface area (Å²) in [5, 5.41) is 5.36. The Bertz CT molecular complexity index is 1470. The molecule has 4 aromatic rings. The number of aromatic nitrogens is 6. The van der Waals surface area contributed by atoms with Gasteiger partial charge in [-0.3, -0.25) is 4.79 Å². The number of carbonyl (C=O) groups is 1. The topological polar surface area (TPSA) is 128 Å². The van der Waals surface area contributed by atoms with E-state index in [1.807, 2.05) is 25.1 Å². The number of benzene rings is 1. The Morgan fingerprint density at radius 1 is 1.38 bits per heavy atom. The van der Waals surface area contributed by atoms with Crippen LogP contribution in [0.1, 0.15) is 29.5 Å². The van der Waals surface area contributed by atoms with E-state index in [0.29, 0.717) is 42.1 Å². The molecular formula is C24H24N8O2. The van der Waals surface area contributed by atoms with Crippen molar-refractivity contribution in [3.8, 4) is 11.8 Å². The summed E-state index contributed by atoms with van der Waals surface area (Å²) >= 11 is 0. The molecule has 1 fully saturated rings. The molecule has 1 unspecified atom stereocenters. The number of nitrogen functional groups attached to an aromatic ring is 1. The molecule has 0 saturated carbocycles. The first-order chi connectivity index (χ1) is 16.5. The van der Waals surface area contributed by atoms with Gasteiger partial charge in [0.25, 0.3) is 0 Å². The van der Waals surface area contributed by atoms with Crippen LogP contribution in [0.15, 0.2) is 37.2 Å². The average molecular weight is 457 g/mol. The molecule has 0 spiro atoms. The van der Waals surface area contributed by atoms with Crippen LogP contribution in [0.25, 0.3) is 22.1 Å². The predicted octanol–water partition coefficient (Wildman–Crippen LogP) is 1.97. The zero-order chi connectivity index (χ0) is 23.8. The summed E-state index contributed by atoms with van der Waals surface area (Å²) in [5.74, 6) is 7.32. The number of nitrogens with one attached hydrogen (secondary N) is 1. The van der Waals surface area contributed by atoms with Gasteiger partial charge in [0.1, 0.15) is 23.7 Å². The van der Waals surface area contributed by atoms with Gasteiger partial charge in [0.15, 0.2) is 5.65 Å². The maximum atomic E-state index is 12.4. The maximum Gasteiger partial charge on any atom is 0.246 e. The highest BCUT2D eigenvalue weighted by Crippen LogP contribution is 2.32. The number of aryl methyl sites for hydroxylation is 1. The van der Waals surface area contributed by atoms with Crippen molar-refractivity contribution < 1.29 is 9.53 Å². The minimum atomic E-state index is -0.140. The molecule has 10 nitrogen and oxygen atoms in total. The maximum absolute atomic E-state index is 12.4. The fourth-order valence-corrected chi connectivity index (χ4v) is 4.49. The minimum absolute atomic E-state index is 0.0856. The van der Waals surface area contributed by atoms with E-state index in [0.717, 1.165) is 22.4 Å². The van der Waals surface area contributed by atoms with Gasteiger partial charge in [-0.15, -0.1) is 0 Å². The van der Waals surface area contributed by atoms with Crippen LogP contribution in [0.5, 0.6) is 0 Å². The summed E-state index contributed by atoms with van der Waals surface area (Å²) in [5.41, 5.74) is 9.90. The number of hydrogen-bond donors (Lipinski definition) is 2. The van der Waals surface area contributed by atoms with Crippen molar-refractivity contribution in [1.82, 2.24) is 34.6 Å². The number of anilines is 1. The number of rotatable bonds is 4. The van der Waals surface area contributed by atoms with Gasteiger partial charge in [0, 0.05) is 19.2 Å². The van der Waals surface area contributed by atoms with Crippen LogP contribution in [0.2, 0.25) is 0 Å². The number of aromatic amines is 1. The summed E-state index contributed by atoms with van der Waals surface area (Å²) in [6.07, 6.45) is 3.40. The Hall–Kier alpha value is -4.23. The second-order valence-corrected chi connectivity index (χ2v) is 8.25. The van der Waals surface area contributed by atoms with E-state index in [4.69, 9.17) is 15.6 Å². The first kappa shape index (κ1) is 21.6. The van der Waals surface area contributed by atoms with E-state index >= 15 is 0 Å². The zero-order valence-corrected chi connectivity index (χ0v) is 18.9. The van der Waals surface area contributed by atoms with E-state index in [9.17, 15) is 4.79 Å². The summed E-state index contributed by atoms with van der Waals surface area (Å²) in [7, 11) is 1.62. The fourth-order valence-electron chi connectivity index (χ4n) is 4.49. The van der Waals surface area contributed by atoms with Gasteiger partial charge in [-0.2, -0.15) is 5.10 Å². The Morgan fingerprint density at radius 3 is 3.03 bits per heavy atom. The van der Waals surface area contributed by atoms with E-state index in [2.05, 4.69) is 38.4 Å². The van der Waals surface area contributed by atoms with Gasteiger partial charge in [-0.25, -0.2) is 19.6 Å². The quantitative estimate of drug-likeness (QED) is 0.355. The predicted molar refractivity (Wildman–Crippen MR) is 128 cm³/mol. The number of nitrogens with two attached hydrogens (primary N) is 1. The largest absolute Gasteiger partial charge is 0.383 e. The molecule has 1 saturated heterocycles. The molecule has 0 bridgehead atoms. The number of likely N-dealkylation sites (tertiary alicyclic amines) is 1. The van der Waals surface area contributed by atoms with Crippen LogP contribution in [-0.2, 0) is 9.53 Å². The number of methoxy groups -OCH3 is 1. The van der Waals surface area contributed by atoms with Crippen molar-refractivity contribution in [1.29, 1.82) is 0 Å². The molecule has 0 radical (unpaired) electrons. The number of H-pyrrole nitrogens is 1. The van der Waals surface area contributed by atoms with Crippen LogP contribution in [0.4, 0.5) is 5.82 Å². The molecule has 1 aliphatic heterocycles. The number of ether oxygens (including phenoxy) is 1. The van der Waals surface area contributed by atoms with E-state index in [-0.39, 0.29) is 18.0 Å². The van der Waals surface area contributed by atoms with Gasteiger partial charge >= 0.3 is 0 Å². The number of amides is 1. The monoisotopic (exact) mass is 456 g/mol. The molecule has 34 heavy (non-hydrogen) atoms. The van der Waals surface area contributed by atoms with Gasteiger partial charge in [0.05, 0.1) is 35.1 Å².